The van der Waals surface area contributed by atoms with Crippen LogP contribution in [0.3, 0.4) is 0 Å². The van der Waals surface area contributed by atoms with Crippen molar-refractivity contribution in [2.75, 3.05) is 40.9 Å². The molecule has 0 saturated carbocycles. The summed E-state index contributed by atoms with van der Waals surface area (Å²) >= 11 is 0. The molecule has 10 heteroatoms. The molecule has 1 amide bonds. The van der Waals surface area contributed by atoms with Gasteiger partial charge in [-0.15, -0.1) is 0 Å². The number of hydrogen-bond acceptors (Lipinski definition) is 6. The molecule has 76 heavy (non-hydrogen) atoms. The Kier molecular flexibility index (Phi) is 53.5. The Bertz CT molecular complexity index is 1580. The van der Waals surface area contributed by atoms with Crippen molar-refractivity contribution >= 4 is 19.7 Å². The van der Waals surface area contributed by atoms with Crippen molar-refractivity contribution in [3.63, 3.8) is 0 Å². The fraction of sp³-hybridized carbons (Fsp3) is 0.758. The summed E-state index contributed by atoms with van der Waals surface area (Å²) < 4.78 is 30.6. The molecule has 0 saturated heterocycles. The molecule has 0 heterocycles. The van der Waals surface area contributed by atoms with E-state index in [0.29, 0.717) is 17.4 Å². The molecule has 0 aromatic rings. The van der Waals surface area contributed by atoms with E-state index in [1.54, 1.807) is 0 Å². The fourth-order valence-electron chi connectivity index (χ4n) is 8.75. The molecule has 2 N–H and O–H groups in total. The molecule has 0 fully saturated rings. The first kappa shape index (κ1) is 73.2. The van der Waals surface area contributed by atoms with Crippen LogP contribution in [0.2, 0.25) is 0 Å². The normalized spacial score (nSPS) is 14.2. The molecule has 0 aromatic carbocycles. The number of phosphoric ester groups is 1. The Morgan fingerprint density at radius 1 is 0.474 bits per heavy atom. The maximum Gasteiger partial charge on any atom is 0.472 e. The first-order chi connectivity index (χ1) is 36.9. The van der Waals surface area contributed by atoms with Crippen LogP contribution in [0.25, 0.3) is 0 Å². The molecular weight excluding hydrogens is 964 g/mol. The van der Waals surface area contributed by atoms with Crippen LogP contribution in [0.15, 0.2) is 85.1 Å². The third kappa shape index (κ3) is 55.9. The van der Waals surface area contributed by atoms with Gasteiger partial charge in [-0.05, 0) is 89.5 Å². The molecule has 0 spiro atoms. The van der Waals surface area contributed by atoms with Crippen molar-refractivity contribution in [2.45, 2.75) is 283 Å². The van der Waals surface area contributed by atoms with Crippen LogP contribution in [0.5, 0.6) is 0 Å². The first-order valence-corrected chi connectivity index (χ1v) is 32.9. The van der Waals surface area contributed by atoms with Crippen molar-refractivity contribution in [3.8, 4) is 0 Å². The van der Waals surface area contributed by atoms with E-state index in [9.17, 15) is 19.0 Å². The summed E-state index contributed by atoms with van der Waals surface area (Å²) in [6.45, 7) is 6.85. The summed E-state index contributed by atoms with van der Waals surface area (Å²) in [4.78, 5) is 37.7. The summed E-state index contributed by atoms with van der Waals surface area (Å²) in [5, 5.41) is 3.01. The van der Waals surface area contributed by atoms with Gasteiger partial charge in [0.2, 0.25) is 5.91 Å². The van der Waals surface area contributed by atoms with Gasteiger partial charge in [-0.3, -0.25) is 18.6 Å². The summed E-state index contributed by atoms with van der Waals surface area (Å²) in [5.74, 6) is -0.600. The Morgan fingerprint density at radius 2 is 0.855 bits per heavy atom. The molecule has 440 valence electrons. The SMILES string of the molecule is CC/C=C/C/C=C/C/C=C/C/C=C/C/C=C/CCC(=O)NC(COP(=O)(O)OCC[N+](C)(C)C)C(/C=C/CCCCCCCCCCCCC)OC(=O)CCCCCCCCCCCCC/C=C/CCCCCCCC. The van der Waals surface area contributed by atoms with E-state index in [2.05, 4.69) is 92.9 Å². The summed E-state index contributed by atoms with van der Waals surface area (Å²) in [6, 6.07) is -0.891. The van der Waals surface area contributed by atoms with Gasteiger partial charge in [-0.1, -0.05) is 254 Å². The van der Waals surface area contributed by atoms with E-state index in [1.165, 1.54) is 161 Å². The molecule has 0 rings (SSSR count). The van der Waals surface area contributed by atoms with Crippen molar-refractivity contribution in [2.24, 2.45) is 0 Å². The molecule has 0 bridgehead atoms. The summed E-state index contributed by atoms with van der Waals surface area (Å²) in [6.07, 6.45) is 73.2. The van der Waals surface area contributed by atoms with Gasteiger partial charge in [0.15, 0.2) is 0 Å². The Labute approximate surface area is 469 Å². The molecule has 0 aromatic heterocycles. The molecule has 0 aliphatic carbocycles. The zero-order valence-corrected chi connectivity index (χ0v) is 51.1. The smallest absolute Gasteiger partial charge is 0.456 e. The van der Waals surface area contributed by atoms with Crippen LogP contribution < -0.4 is 5.32 Å². The second kappa shape index (κ2) is 55.5. The summed E-state index contributed by atoms with van der Waals surface area (Å²) in [5.41, 5.74) is 0. The van der Waals surface area contributed by atoms with Crippen molar-refractivity contribution in [3.05, 3.63) is 85.1 Å². The number of quaternary nitrogens is 1. The number of rotatable bonds is 56. The highest BCUT2D eigenvalue weighted by Gasteiger charge is 2.30. The van der Waals surface area contributed by atoms with Gasteiger partial charge in [-0.2, -0.15) is 0 Å². The van der Waals surface area contributed by atoms with E-state index in [0.717, 1.165) is 70.6 Å². The lowest BCUT2D eigenvalue weighted by molar-refractivity contribution is -0.870. The van der Waals surface area contributed by atoms with Crippen LogP contribution in [0, 0.1) is 0 Å². The highest BCUT2D eigenvalue weighted by molar-refractivity contribution is 7.47. The van der Waals surface area contributed by atoms with Gasteiger partial charge in [0, 0.05) is 12.8 Å². The van der Waals surface area contributed by atoms with Crippen LogP contribution in [0.1, 0.15) is 271 Å². The van der Waals surface area contributed by atoms with E-state index in [4.69, 9.17) is 13.8 Å². The van der Waals surface area contributed by atoms with Crippen LogP contribution in [-0.2, 0) is 27.9 Å². The largest absolute Gasteiger partial charge is 0.472 e. The molecule has 9 nitrogen and oxygen atoms in total. The minimum absolute atomic E-state index is 0.0243. The van der Waals surface area contributed by atoms with Crippen LogP contribution in [-0.4, -0.2) is 74.3 Å². The van der Waals surface area contributed by atoms with Gasteiger partial charge in [0.1, 0.15) is 19.3 Å². The van der Waals surface area contributed by atoms with Gasteiger partial charge in [0.25, 0.3) is 0 Å². The number of amides is 1. The van der Waals surface area contributed by atoms with Gasteiger partial charge in [-0.25, -0.2) is 4.57 Å². The van der Waals surface area contributed by atoms with E-state index in [1.807, 2.05) is 39.4 Å². The zero-order chi connectivity index (χ0) is 55.7. The van der Waals surface area contributed by atoms with E-state index >= 15 is 0 Å². The summed E-state index contributed by atoms with van der Waals surface area (Å²) in [7, 11) is 1.45. The zero-order valence-electron chi connectivity index (χ0n) is 50.2. The average molecular weight is 1080 g/mol. The Hall–Kier alpha value is -2.81. The maximum absolute atomic E-state index is 13.5. The van der Waals surface area contributed by atoms with Crippen LogP contribution >= 0.6 is 7.82 Å². The second-order valence-corrected chi connectivity index (χ2v) is 23.6. The number of carbonyl (C=O) groups is 2. The second-order valence-electron chi connectivity index (χ2n) is 22.2. The highest BCUT2D eigenvalue weighted by Crippen LogP contribution is 2.43. The number of phosphoric acid groups is 1. The first-order valence-electron chi connectivity index (χ1n) is 31.4. The minimum Gasteiger partial charge on any atom is -0.456 e. The lowest BCUT2D eigenvalue weighted by atomic mass is 10.0. The topological polar surface area (TPSA) is 111 Å². The third-order valence-electron chi connectivity index (χ3n) is 13.6. The molecule has 3 atom stereocenters. The molecule has 0 aliphatic rings. The highest BCUT2D eigenvalue weighted by atomic mass is 31.2. The number of esters is 1. The number of ether oxygens (including phenoxy) is 1. The van der Waals surface area contributed by atoms with Crippen molar-refractivity contribution in [1.29, 1.82) is 0 Å². The quantitative estimate of drug-likeness (QED) is 0.0205. The van der Waals surface area contributed by atoms with Gasteiger partial charge >= 0.3 is 13.8 Å². The van der Waals surface area contributed by atoms with Crippen molar-refractivity contribution < 1.29 is 37.3 Å². The monoisotopic (exact) mass is 1080 g/mol. The number of allylic oxidation sites excluding steroid dienone is 13. The lowest BCUT2D eigenvalue weighted by Crippen LogP contribution is -2.47. The maximum atomic E-state index is 13.5. The number of nitrogens with one attached hydrogen (secondary N) is 1. The molecular formula is C66H120N2O7P+. The Balaban J connectivity index is 5.33. The predicted molar refractivity (Wildman–Crippen MR) is 328 cm³/mol. The number of carbonyl (C=O) groups excluding carboxylic acids is 2. The number of likely N-dealkylation sites (N-methyl/N-ethyl adjacent to an activating group) is 1. The minimum atomic E-state index is -4.47. The van der Waals surface area contributed by atoms with E-state index in [-0.39, 0.29) is 37.9 Å². The number of hydrogen-bond donors (Lipinski definition) is 2. The third-order valence-corrected chi connectivity index (χ3v) is 14.6. The molecule has 0 radical (unpaired) electrons. The molecule has 0 aliphatic heterocycles. The average Bonchev–Trinajstić information content (AvgIpc) is 3.38. The fourth-order valence-corrected chi connectivity index (χ4v) is 9.48. The standard InChI is InChI=1S/C66H119N2O7P/c1-7-10-13-16-19-22-25-28-30-32-33-34-35-36-38-41-44-47-50-53-56-59-66(70)75-64(57-54-51-48-45-42-39-27-24-21-18-15-12-9-3)63(62-74-76(71,72)73-61-60-68(4,5)6)67-65(69)58-55-52-49-46-43-40-37-31-29-26-23-20-17-14-11-8-2/h11,14,20,23,28-31,40,43,49,52,54,57,63-64H,7-10,12-13,15-19,21-22,24-27,32-39,41-42,44-48,50-51,53,55-56,58-62H2,1-6H3,(H-,67,69,71,72)/p+1/b14-11+,23-20+,30-28+,31-29+,43-40+,52-49+,57-54+. The van der Waals surface area contributed by atoms with Gasteiger partial charge < -0.3 is 19.4 Å². The number of unbranched alkanes of at least 4 members (excludes halogenated alkanes) is 28. The Morgan fingerprint density at radius 3 is 1.29 bits per heavy atom. The van der Waals surface area contributed by atoms with Crippen molar-refractivity contribution in [1.82, 2.24) is 5.32 Å². The van der Waals surface area contributed by atoms with Crippen LogP contribution in [0.4, 0.5) is 0 Å². The van der Waals surface area contributed by atoms with E-state index < -0.39 is 20.0 Å². The van der Waals surface area contributed by atoms with Gasteiger partial charge in [0.05, 0.1) is 33.8 Å². The molecule has 3 unspecified atom stereocenters. The lowest BCUT2D eigenvalue weighted by Gasteiger charge is -2.27. The predicted octanol–water partition coefficient (Wildman–Crippen LogP) is 19.4. The number of nitrogens with zero attached hydrogens (tertiary/aromatic N) is 1.